The molecular formula is C25H27N3O5. The van der Waals surface area contributed by atoms with Crippen LogP contribution in [0.2, 0.25) is 0 Å². The summed E-state index contributed by atoms with van der Waals surface area (Å²) in [7, 11) is 1.29. The minimum atomic E-state index is -1.45. The number of nitrogens with zero attached hydrogens (tertiary/aromatic N) is 3. The standard InChI is InChI=1S/C25H27N3O5/c1-14-19-18-16(10-15-6-7-17(18)28(15)21(30)32-22(2,3)4)23(12-26,13-27)11-24(19)8-9-25(14,33-24)20(29)31-5/h8-10,15,17-19H,1,6-7,11H2,2-5H3. The van der Waals surface area contributed by atoms with Gasteiger partial charge in [-0.15, -0.1) is 0 Å². The van der Waals surface area contributed by atoms with Crippen molar-refractivity contribution < 1.29 is 23.8 Å². The van der Waals surface area contributed by atoms with Crippen LogP contribution < -0.4 is 0 Å². The Morgan fingerprint density at radius 3 is 2.55 bits per heavy atom. The number of carbonyl (C=O) groups is 2. The first-order valence-corrected chi connectivity index (χ1v) is 11.2. The van der Waals surface area contributed by atoms with Crippen LogP contribution in [0.25, 0.3) is 0 Å². The molecule has 5 rings (SSSR count). The van der Waals surface area contributed by atoms with Crippen LogP contribution in [0.4, 0.5) is 4.79 Å². The molecule has 0 aromatic heterocycles. The Bertz CT molecular complexity index is 1100. The molecule has 0 aromatic rings. The van der Waals surface area contributed by atoms with Gasteiger partial charge in [0.25, 0.3) is 0 Å². The number of esters is 1. The molecular weight excluding hydrogens is 422 g/mol. The number of carbonyl (C=O) groups excluding carboxylic acids is 2. The number of rotatable bonds is 1. The first-order chi connectivity index (χ1) is 15.5. The summed E-state index contributed by atoms with van der Waals surface area (Å²) >= 11 is 0. The maximum atomic E-state index is 13.2. The third-order valence-corrected chi connectivity index (χ3v) is 7.82. The average molecular weight is 450 g/mol. The van der Waals surface area contributed by atoms with E-state index in [0.29, 0.717) is 24.0 Å². The summed E-state index contributed by atoms with van der Waals surface area (Å²) in [5.41, 5.74) is -3.32. The molecule has 1 spiro atoms. The van der Waals surface area contributed by atoms with Crippen molar-refractivity contribution in [2.24, 2.45) is 17.3 Å². The summed E-state index contributed by atoms with van der Waals surface area (Å²) in [4.78, 5) is 27.7. The molecule has 6 unspecified atom stereocenters. The highest BCUT2D eigenvalue weighted by Crippen LogP contribution is 2.67. The zero-order valence-electron chi connectivity index (χ0n) is 19.3. The molecule has 6 atom stereocenters. The van der Waals surface area contributed by atoms with E-state index in [-0.39, 0.29) is 24.4 Å². The van der Waals surface area contributed by atoms with Crippen molar-refractivity contribution in [2.45, 2.75) is 68.9 Å². The Morgan fingerprint density at radius 2 is 1.94 bits per heavy atom. The predicted molar refractivity (Wildman–Crippen MR) is 115 cm³/mol. The van der Waals surface area contributed by atoms with Crippen molar-refractivity contribution in [2.75, 3.05) is 7.11 Å². The fourth-order valence-corrected chi connectivity index (χ4v) is 6.68. The average Bonchev–Trinajstić information content (AvgIpc) is 3.37. The molecule has 0 radical (unpaired) electrons. The number of hydrogen-bond acceptors (Lipinski definition) is 7. The van der Waals surface area contributed by atoms with Crippen LogP contribution in [0.3, 0.4) is 0 Å². The van der Waals surface area contributed by atoms with Crippen molar-refractivity contribution in [3.63, 3.8) is 0 Å². The van der Waals surface area contributed by atoms with Crippen LogP contribution in [0.5, 0.6) is 0 Å². The van der Waals surface area contributed by atoms with Gasteiger partial charge in [0.05, 0.1) is 30.9 Å². The lowest BCUT2D eigenvalue weighted by Crippen LogP contribution is -2.59. The summed E-state index contributed by atoms with van der Waals surface area (Å²) in [5.74, 6) is -1.35. The predicted octanol–water partition coefficient (Wildman–Crippen LogP) is 3.17. The Hall–Kier alpha value is -3.10. The molecule has 1 aliphatic carbocycles. The van der Waals surface area contributed by atoms with E-state index >= 15 is 0 Å². The minimum absolute atomic E-state index is 0.0974. The van der Waals surface area contributed by atoms with Crippen LogP contribution in [-0.4, -0.2) is 53.0 Å². The Kier molecular flexibility index (Phi) is 4.27. The van der Waals surface area contributed by atoms with Gasteiger partial charge in [-0.2, -0.15) is 10.5 Å². The molecule has 1 saturated carbocycles. The number of nitriles is 2. The molecule has 4 aliphatic heterocycles. The van der Waals surface area contributed by atoms with Crippen LogP contribution in [0.1, 0.15) is 40.0 Å². The molecule has 1 amide bonds. The lowest BCUT2D eigenvalue weighted by Gasteiger charge is -2.53. The minimum Gasteiger partial charge on any atom is -0.466 e. The molecule has 4 heterocycles. The molecule has 5 aliphatic rings. The first-order valence-electron chi connectivity index (χ1n) is 11.2. The quantitative estimate of drug-likeness (QED) is 0.446. The normalized spacial score (nSPS) is 39.2. The monoisotopic (exact) mass is 449 g/mol. The molecule has 2 saturated heterocycles. The molecule has 4 bridgehead atoms. The van der Waals surface area contributed by atoms with E-state index in [0.717, 1.165) is 0 Å². The van der Waals surface area contributed by atoms with E-state index < -0.39 is 40.2 Å². The summed E-state index contributed by atoms with van der Waals surface area (Å²) in [6, 6.07) is 3.97. The molecule has 3 fully saturated rings. The second-order valence-corrected chi connectivity index (χ2v) is 10.7. The van der Waals surface area contributed by atoms with Crippen molar-refractivity contribution in [3.8, 4) is 12.1 Å². The topological polar surface area (TPSA) is 113 Å². The van der Waals surface area contributed by atoms with Crippen molar-refractivity contribution in [3.05, 3.63) is 36.0 Å². The third kappa shape index (κ3) is 2.59. The van der Waals surface area contributed by atoms with Gasteiger partial charge in [0.2, 0.25) is 5.60 Å². The van der Waals surface area contributed by atoms with E-state index in [1.807, 2.05) is 26.8 Å². The number of ether oxygens (including phenoxy) is 3. The van der Waals surface area contributed by atoms with Crippen LogP contribution >= 0.6 is 0 Å². The Labute approximate surface area is 193 Å². The second-order valence-electron chi connectivity index (χ2n) is 10.7. The SMILES string of the molecule is C=C1C2C3C(=CC4CCC3N4C(=O)OC(C)(C)C)C(C#N)(C#N)CC23C=CC1(C(=O)OC)O3. The zero-order chi connectivity index (χ0) is 24.0. The number of amides is 1. The maximum absolute atomic E-state index is 13.2. The van der Waals surface area contributed by atoms with E-state index in [1.54, 1.807) is 17.1 Å². The van der Waals surface area contributed by atoms with E-state index in [1.165, 1.54) is 7.11 Å². The molecule has 172 valence electrons. The van der Waals surface area contributed by atoms with Gasteiger partial charge in [0.15, 0.2) is 5.41 Å². The first kappa shape index (κ1) is 21.7. The van der Waals surface area contributed by atoms with Gasteiger partial charge in [0, 0.05) is 24.3 Å². The zero-order valence-corrected chi connectivity index (χ0v) is 19.3. The van der Waals surface area contributed by atoms with Crippen LogP contribution in [-0.2, 0) is 19.0 Å². The third-order valence-electron chi connectivity index (χ3n) is 7.82. The van der Waals surface area contributed by atoms with E-state index in [2.05, 4.69) is 18.7 Å². The highest BCUT2D eigenvalue weighted by Gasteiger charge is 2.73. The molecule has 8 heteroatoms. The highest BCUT2D eigenvalue weighted by atomic mass is 16.6. The van der Waals surface area contributed by atoms with Crippen LogP contribution in [0.15, 0.2) is 36.0 Å². The van der Waals surface area contributed by atoms with Crippen molar-refractivity contribution >= 4 is 12.1 Å². The van der Waals surface area contributed by atoms with Crippen LogP contribution in [0, 0.1) is 39.9 Å². The Balaban J connectivity index is 1.66. The summed E-state index contributed by atoms with van der Waals surface area (Å²) < 4.78 is 17.1. The molecule has 8 nitrogen and oxygen atoms in total. The number of hydrogen-bond donors (Lipinski definition) is 0. The fraction of sp³-hybridized carbons (Fsp3) is 0.600. The second kappa shape index (κ2) is 6.48. The summed E-state index contributed by atoms with van der Waals surface area (Å²) in [6.45, 7) is 9.71. The van der Waals surface area contributed by atoms with Gasteiger partial charge in [0.1, 0.15) is 5.60 Å². The number of fused-ring (bicyclic) bond motifs is 6. The van der Waals surface area contributed by atoms with Gasteiger partial charge in [-0.3, -0.25) is 4.90 Å². The summed E-state index contributed by atoms with van der Waals surface area (Å²) in [5, 5.41) is 20.4. The highest BCUT2D eigenvalue weighted by molar-refractivity contribution is 5.89. The maximum Gasteiger partial charge on any atom is 0.411 e. The summed E-state index contributed by atoms with van der Waals surface area (Å²) in [6.07, 6.45) is 6.42. The lowest BCUT2D eigenvalue weighted by molar-refractivity contribution is -0.163. The van der Waals surface area contributed by atoms with Gasteiger partial charge in [-0.05, 0) is 50.8 Å². The molecule has 33 heavy (non-hydrogen) atoms. The lowest BCUT2D eigenvalue weighted by atomic mass is 9.52. The van der Waals surface area contributed by atoms with Gasteiger partial charge in [-0.1, -0.05) is 18.7 Å². The number of methoxy groups -OCH3 is 1. The van der Waals surface area contributed by atoms with Gasteiger partial charge in [-0.25, -0.2) is 9.59 Å². The smallest absolute Gasteiger partial charge is 0.411 e. The van der Waals surface area contributed by atoms with Crippen molar-refractivity contribution in [1.29, 1.82) is 10.5 Å². The van der Waals surface area contributed by atoms with Crippen molar-refractivity contribution in [1.82, 2.24) is 4.90 Å². The van der Waals surface area contributed by atoms with E-state index in [4.69, 9.17) is 14.2 Å². The molecule has 0 N–H and O–H groups in total. The van der Waals surface area contributed by atoms with Gasteiger partial charge < -0.3 is 14.2 Å². The van der Waals surface area contributed by atoms with Gasteiger partial charge >= 0.3 is 12.1 Å². The fourth-order valence-electron chi connectivity index (χ4n) is 6.68. The molecule has 0 aromatic carbocycles. The largest absolute Gasteiger partial charge is 0.466 e. The Morgan fingerprint density at radius 1 is 1.24 bits per heavy atom. The van der Waals surface area contributed by atoms with E-state index in [9.17, 15) is 20.1 Å².